The Labute approximate surface area is 114 Å². The van der Waals surface area contributed by atoms with Gasteiger partial charge in [-0.2, -0.15) is 5.10 Å². The fourth-order valence-corrected chi connectivity index (χ4v) is 1.90. The van der Waals surface area contributed by atoms with E-state index < -0.39 is 17.6 Å². The zero-order chi connectivity index (χ0) is 14.9. The number of rotatable bonds is 4. The summed E-state index contributed by atoms with van der Waals surface area (Å²) in [6, 6.07) is 3.22. The summed E-state index contributed by atoms with van der Waals surface area (Å²) >= 11 is 0. The van der Waals surface area contributed by atoms with Gasteiger partial charge in [0, 0.05) is 18.3 Å². The van der Waals surface area contributed by atoms with Crippen molar-refractivity contribution < 1.29 is 18.7 Å². The fourth-order valence-electron chi connectivity index (χ4n) is 1.90. The molecule has 1 aromatic heterocycles. The van der Waals surface area contributed by atoms with Crippen molar-refractivity contribution in [2.24, 2.45) is 5.92 Å². The van der Waals surface area contributed by atoms with Crippen molar-refractivity contribution in [1.82, 2.24) is 9.78 Å². The second-order valence-corrected chi connectivity index (χ2v) is 4.94. The van der Waals surface area contributed by atoms with Gasteiger partial charge in [-0.3, -0.25) is 4.68 Å². The Hall–Kier alpha value is -2.24. The van der Waals surface area contributed by atoms with Crippen LogP contribution in [-0.4, -0.2) is 20.9 Å². The first-order valence-corrected chi connectivity index (χ1v) is 6.14. The summed E-state index contributed by atoms with van der Waals surface area (Å²) in [5, 5.41) is 13.3. The van der Waals surface area contributed by atoms with Crippen LogP contribution in [0.3, 0.4) is 0 Å². The minimum atomic E-state index is -1.15. The lowest BCUT2D eigenvalue weighted by Crippen LogP contribution is -2.04. The molecule has 0 aliphatic carbocycles. The van der Waals surface area contributed by atoms with Crippen LogP contribution in [0.1, 0.15) is 24.2 Å². The molecular weight excluding hydrogens is 266 g/mol. The number of hydrogen-bond donors (Lipinski definition) is 1. The maximum Gasteiger partial charge on any atom is 0.339 e. The highest BCUT2D eigenvalue weighted by atomic mass is 19.2. The summed E-state index contributed by atoms with van der Waals surface area (Å²) in [5.74, 6) is -2.88. The third kappa shape index (κ3) is 2.84. The Bertz CT molecular complexity index is 651. The van der Waals surface area contributed by atoms with Crippen molar-refractivity contribution in [3.63, 3.8) is 0 Å². The number of halogens is 2. The molecule has 2 rings (SSSR count). The molecule has 106 valence electrons. The summed E-state index contributed by atoms with van der Waals surface area (Å²) < 4.78 is 27.7. The Morgan fingerprint density at radius 1 is 1.35 bits per heavy atom. The molecule has 0 amide bonds. The lowest BCUT2D eigenvalue weighted by Gasteiger charge is -2.03. The third-order valence-corrected chi connectivity index (χ3v) is 2.74. The molecule has 1 heterocycles. The lowest BCUT2D eigenvalue weighted by molar-refractivity contribution is 0.0697. The van der Waals surface area contributed by atoms with Gasteiger partial charge in [0.2, 0.25) is 0 Å². The van der Waals surface area contributed by atoms with Crippen LogP contribution in [0.15, 0.2) is 24.4 Å². The topological polar surface area (TPSA) is 55.1 Å². The van der Waals surface area contributed by atoms with Gasteiger partial charge in [-0.15, -0.1) is 0 Å². The Balaban J connectivity index is 2.50. The molecule has 0 saturated carbocycles. The van der Waals surface area contributed by atoms with Gasteiger partial charge >= 0.3 is 5.97 Å². The number of aromatic nitrogens is 2. The van der Waals surface area contributed by atoms with Crippen molar-refractivity contribution in [1.29, 1.82) is 0 Å². The minimum absolute atomic E-state index is 0.0309. The molecule has 1 N–H and O–H groups in total. The monoisotopic (exact) mass is 280 g/mol. The molecule has 6 heteroatoms. The Morgan fingerprint density at radius 2 is 2.05 bits per heavy atom. The first kappa shape index (κ1) is 14.2. The van der Waals surface area contributed by atoms with Gasteiger partial charge in [-0.1, -0.05) is 13.8 Å². The molecule has 0 saturated heterocycles. The molecule has 1 aromatic carbocycles. The molecule has 0 bridgehead atoms. The van der Waals surface area contributed by atoms with E-state index in [0.29, 0.717) is 6.54 Å². The van der Waals surface area contributed by atoms with Gasteiger partial charge in [0.25, 0.3) is 0 Å². The number of carboxylic acid groups (broad SMARTS) is 1. The van der Waals surface area contributed by atoms with E-state index in [1.807, 2.05) is 13.8 Å². The van der Waals surface area contributed by atoms with Gasteiger partial charge in [0.15, 0.2) is 11.6 Å². The van der Waals surface area contributed by atoms with Crippen LogP contribution in [0.25, 0.3) is 11.3 Å². The average Bonchev–Trinajstić information content (AvgIpc) is 2.76. The Morgan fingerprint density at radius 3 is 2.60 bits per heavy atom. The van der Waals surface area contributed by atoms with Crippen molar-refractivity contribution in [3.05, 3.63) is 41.6 Å². The van der Waals surface area contributed by atoms with E-state index in [9.17, 15) is 18.7 Å². The van der Waals surface area contributed by atoms with E-state index in [1.54, 1.807) is 0 Å². The number of hydrogen-bond acceptors (Lipinski definition) is 2. The standard InChI is InChI=1S/C14H14F2N2O2/c1-8(2)6-18-7-10(14(19)20)13(17-18)9-3-4-11(15)12(16)5-9/h3-5,7-8H,6H2,1-2H3,(H,19,20). The lowest BCUT2D eigenvalue weighted by atomic mass is 10.1. The molecule has 4 nitrogen and oxygen atoms in total. The number of carboxylic acids is 1. The first-order chi connectivity index (χ1) is 9.38. The maximum atomic E-state index is 13.3. The van der Waals surface area contributed by atoms with E-state index >= 15 is 0 Å². The van der Waals surface area contributed by atoms with E-state index in [2.05, 4.69) is 5.10 Å². The second-order valence-electron chi connectivity index (χ2n) is 4.94. The van der Waals surface area contributed by atoms with Crippen LogP contribution in [0.4, 0.5) is 8.78 Å². The summed E-state index contributed by atoms with van der Waals surface area (Å²) in [6.45, 7) is 4.49. The summed E-state index contributed by atoms with van der Waals surface area (Å²) in [7, 11) is 0. The van der Waals surface area contributed by atoms with Gasteiger partial charge in [0.1, 0.15) is 11.3 Å². The van der Waals surface area contributed by atoms with Crippen LogP contribution >= 0.6 is 0 Å². The van der Waals surface area contributed by atoms with Gasteiger partial charge < -0.3 is 5.11 Å². The van der Waals surface area contributed by atoms with Crippen LogP contribution < -0.4 is 0 Å². The molecule has 0 atom stereocenters. The Kier molecular flexibility index (Phi) is 3.83. The third-order valence-electron chi connectivity index (χ3n) is 2.74. The summed E-state index contributed by atoms with van der Waals surface area (Å²) in [5.41, 5.74) is 0.345. The molecule has 0 unspecified atom stereocenters. The number of nitrogens with zero attached hydrogens (tertiary/aromatic N) is 2. The predicted octanol–water partition coefficient (Wildman–Crippen LogP) is 3.18. The number of aromatic carboxylic acids is 1. The zero-order valence-electron chi connectivity index (χ0n) is 11.1. The van der Waals surface area contributed by atoms with E-state index in [0.717, 1.165) is 12.1 Å². The largest absolute Gasteiger partial charge is 0.478 e. The molecular formula is C14H14F2N2O2. The molecule has 0 fully saturated rings. The molecule has 0 radical (unpaired) electrons. The predicted molar refractivity (Wildman–Crippen MR) is 69.4 cm³/mol. The minimum Gasteiger partial charge on any atom is -0.478 e. The molecule has 0 aliphatic rings. The number of carbonyl (C=O) groups is 1. The second kappa shape index (κ2) is 5.40. The van der Waals surface area contributed by atoms with Gasteiger partial charge in [-0.05, 0) is 24.1 Å². The molecule has 0 spiro atoms. The highest BCUT2D eigenvalue weighted by Gasteiger charge is 2.18. The van der Waals surface area contributed by atoms with Gasteiger partial charge in [0.05, 0.1) is 0 Å². The quantitative estimate of drug-likeness (QED) is 0.935. The van der Waals surface area contributed by atoms with E-state index in [1.165, 1.54) is 16.9 Å². The fraction of sp³-hybridized carbons (Fsp3) is 0.286. The van der Waals surface area contributed by atoms with Crippen molar-refractivity contribution >= 4 is 5.97 Å². The average molecular weight is 280 g/mol. The molecule has 0 aliphatic heterocycles. The molecule has 2 aromatic rings. The van der Waals surface area contributed by atoms with Crippen LogP contribution in [-0.2, 0) is 6.54 Å². The van der Waals surface area contributed by atoms with Gasteiger partial charge in [-0.25, -0.2) is 13.6 Å². The smallest absolute Gasteiger partial charge is 0.339 e. The van der Waals surface area contributed by atoms with E-state index in [-0.39, 0.29) is 22.7 Å². The number of benzene rings is 1. The normalized spacial score (nSPS) is 11.1. The summed E-state index contributed by atoms with van der Waals surface area (Å²) in [6.07, 6.45) is 1.40. The van der Waals surface area contributed by atoms with Crippen LogP contribution in [0.5, 0.6) is 0 Å². The zero-order valence-corrected chi connectivity index (χ0v) is 11.1. The SMILES string of the molecule is CC(C)Cn1cc(C(=O)O)c(-c2ccc(F)c(F)c2)n1. The summed E-state index contributed by atoms with van der Waals surface area (Å²) in [4.78, 5) is 11.2. The highest BCUT2D eigenvalue weighted by Crippen LogP contribution is 2.24. The van der Waals surface area contributed by atoms with Crippen LogP contribution in [0.2, 0.25) is 0 Å². The van der Waals surface area contributed by atoms with Crippen molar-refractivity contribution in [2.75, 3.05) is 0 Å². The molecule has 20 heavy (non-hydrogen) atoms. The highest BCUT2D eigenvalue weighted by molar-refractivity contribution is 5.94. The van der Waals surface area contributed by atoms with E-state index in [4.69, 9.17) is 0 Å². The maximum absolute atomic E-state index is 13.3. The van der Waals surface area contributed by atoms with Crippen LogP contribution in [0, 0.1) is 17.6 Å². The van der Waals surface area contributed by atoms with Crippen molar-refractivity contribution in [2.45, 2.75) is 20.4 Å². The van der Waals surface area contributed by atoms with Crippen molar-refractivity contribution in [3.8, 4) is 11.3 Å². The first-order valence-electron chi connectivity index (χ1n) is 6.14.